The molecule has 0 N–H and O–H groups in total. The minimum absolute atomic E-state index is 0.0423. The molecule has 0 radical (unpaired) electrons. The summed E-state index contributed by atoms with van der Waals surface area (Å²) in [7, 11) is 0. The van der Waals surface area contributed by atoms with Gasteiger partial charge in [-0.3, -0.25) is 19.8 Å². The molecule has 27 heavy (non-hydrogen) atoms. The smallest absolute Gasteiger partial charge is 0.314 e. The molecule has 0 spiro atoms. The van der Waals surface area contributed by atoms with Gasteiger partial charge in [0.1, 0.15) is 17.8 Å². The molecule has 1 saturated heterocycles. The highest BCUT2D eigenvalue weighted by Crippen LogP contribution is 2.27. The highest BCUT2D eigenvalue weighted by atomic mass is 16.6. The zero-order chi connectivity index (χ0) is 19.2. The number of carbonyl (C=O) groups is 1. The van der Waals surface area contributed by atoms with Crippen LogP contribution in [-0.2, 0) is 16.1 Å². The first-order chi connectivity index (χ1) is 13.1. The normalized spacial score (nSPS) is 19.6. The molecule has 0 saturated carbocycles. The fourth-order valence-electron chi connectivity index (χ4n) is 3.26. The molecule has 1 aliphatic heterocycles. The van der Waals surface area contributed by atoms with E-state index in [1.807, 2.05) is 30.3 Å². The summed E-state index contributed by atoms with van der Waals surface area (Å²) in [6.07, 6.45) is -0.422. The Bertz CT molecular complexity index is 796. The summed E-state index contributed by atoms with van der Waals surface area (Å²) in [5.74, 6) is -0.360. The number of esters is 1. The van der Waals surface area contributed by atoms with Gasteiger partial charge in [0.15, 0.2) is 0 Å². The summed E-state index contributed by atoms with van der Waals surface area (Å²) < 4.78 is 11.2. The molecule has 0 aromatic heterocycles. The minimum atomic E-state index is -0.466. The lowest BCUT2D eigenvalue weighted by Gasteiger charge is -2.19. The van der Waals surface area contributed by atoms with Crippen LogP contribution in [0.25, 0.3) is 0 Å². The predicted octanol–water partition coefficient (Wildman–Crippen LogP) is 3.04. The molecule has 0 aliphatic carbocycles. The van der Waals surface area contributed by atoms with Crippen molar-refractivity contribution in [2.45, 2.75) is 19.6 Å². The predicted molar refractivity (Wildman–Crippen MR) is 99.4 cm³/mol. The molecule has 2 aromatic carbocycles. The van der Waals surface area contributed by atoms with E-state index in [4.69, 9.17) is 9.47 Å². The highest BCUT2D eigenvalue weighted by molar-refractivity contribution is 5.74. The number of nitro benzene ring substituents is 1. The highest BCUT2D eigenvalue weighted by Gasteiger charge is 2.40. The van der Waals surface area contributed by atoms with Crippen molar-refractivity contribution >= 4 is 11.7 Å². The van der Waals surface area contributed by atoms with Gasteiger partial charge in [-0.05, 0) is 18.6 Å². The lowest BCUT2D eigenvalue weighted by atomic mass is 10.1. The van der Waals surface area contributed by atoms with Crippen LogP contribution in [0.3, 0.4) is 0 Å². The Kier molecular flexibility index (Phi) is 6.03. The Morgan fingerprint density at radius 3 is 2.67 bits per heavy atom. The second kappa shape index (κ2) is 8.64. The van der Waals surface area contributed by atoms with Crippen molar-refractivity contribution in [2.75, 3.05) is 19.7 Å². The van der Waals surface area contributed by atoms with Crippen molar-refractivity contribution in [1.82, 2.24) is 4.90 Å². The van der Waals surface area contributed by atoms with E-state index in [2.05, 4.69) is 4.90 Å². The average molecular weight is 370 g/mol. The SMILES string of the molecule is CCOC(=O)C1CN(Cc2ccccc2)CC1Oc1cccc([N+](=O)[O-])c1. The number of benzene rings is 2. The number of ether oxygens (including phenoxy) is 2. The van der Waals surface area contributed by atoms with E-state index in [0.717, 1.165) is 5.56 Å². The van der Waals surface area contributed by atoms with Gasteiger partial charge in [-0.15, -0.1) is 0 Å². The molecular formula is C20H22N2O5. The van der Waals surface area contributed by atoms with Gasteiger partial charge < -0.3 is 9.47 Å². The standard InChI is InChI=1S/C20H22N2O5/c1-2-26-20(23)18-13-21(12-15-7-4-3-5-8-15)14-19(18)27-17-10-6-9-16(11-17)22(24)25/h3-11,18-19H,2,12-14H2,1H3. The van der Waals surface area contributed by atoms with Gasteiger partial charge in [0.05, 0.1) is 17.6 Å². The van der Waals surface area contributed by atoms with Crippen LogP contribution in [0.15, 0.2) is 54.6 Å². The molecule has 0 bridgehead atoms. The van der Waals surface area contributed by atoms with Crippen molar-refractivity contribution in [3.63, 3.8) is 0 Å². The molecule has 142 valence electrons. The maximum absolute atomic E-state index is 12.4. The van der Waals surface area contributed by atoms with E-state index in [1.54, 1.807) is 19.1 Å². The van der Waals surface area contributed by atoms with Crippen molar-refractivity contribution < 1.29 is 19.2 Å². The molecule has 1 fully saturated rings. The first-order valence-corrected chi connectivity index (χ1v) is 8.91. The van der Waals surface area contributed by atoms with E-state index in [9.17, 15) is 14.9 Å². The lowest BCUT2D eigenvalue weighted by Crippen LogP contribution is -2.33. The van der Waals surface area contributed by atoms with E-state index < -0.39 is 16.9 Å². The summed E-state index contributed by atoms with van der Waals surface area (Å²) in [5.41, 5.74) is 1.11. The van der Waals surface area contributed by atoms with Crippen LogP contribution < -0.4 is 4.74 Å². The Morgan fingerprint density at radius 2 is 1.96 bits per heavy atom. The first-order valence-electron chi connectivity index (χ1n) is 8.91. The largest absolute Gasteiger partial charge is 0.488 e. The summed E-state index contributed by atoms with van der Waals surface area (Å²) in [6, 6.07) is 16.0. The molecule has 0 amide bonds. The van der Waals surface area contributed by atoms with Crippen LogP contribution in [-0.4, -0.2) is 41.6 Å². The van der Waals surface area contributed by atoms with E-state index in [0.29, 0.717) is 32.0 Å². The van der Waals surface area contributed by atoms with Gasteiger partial charge in [-0.2, -0.15) is 0 Å². The zero-order valence-corrected chi connectivity index (χ0v) is 15.1. The average Bonchev–Trinajstić information content (AvgIpc) is 3.05. The Labute approximate surface area is 157 Å². The molecule has 1 heterocycles. The molecule has 2 aromatic rings. The quantitative estimate of drug-likeness (QED) is 0.423. The number of hydrogen-bond acceptors (Lipinski definition) is 6. The van der Waals surface area contributed by atoms with Gasteiger partial charge in [-0.1, -0.05) is 36.4 Å². The molecule has 7 nitrogen and oxygen atoms in total. The number of nitro groups is 1. The van der Waals surface area contributed by atoms with Crippen molar-refractivity contribution in [3.8, 4) is 5.75 Å². The number of non-ortho nitro benzene ring substituents is 1. The van der Waals surface area contributed by atoms with Gasteiger partial charge in [-0.25, -0.2) is 0 Å². The number of carbonyl (C=O) groups excluding carboxylic acids is 1. The number of hydrogen-bond donors (Lipinski definition) is 0. The zero-order valence-electron chi connectivity index (χ0n) is 15.1. The number of rotatable bonds is 7. The monoisotopic (exact) mass is 370 g/mol. The molecule has 3 rings (SSSR count). The summed E-state index contributed by atoms with van der Waals surface area (Å²) in [5, 5.41) is 11.0. The van der Waals surface area contributed by atoms with Crippen molar-refractivity contribution in [2.24, 2.45) is 5.92 Å². The van der Waals surface area contributed by atoms with Gasteiger partial charge >= 0.3 is 5.97 Å². The van der Waals surface area contributed by atoms with Crippen molar-refractivity contribution in [3.05, 3.63) is 70.3 Å². The molecule has 7 heteroatoms. The first kappa shape index (κ1) is 18.8. The minimum Gasteiger partial charge on any atom is -0.488 e. The number of nitrogens with zero attached hydrogens (tertiary/aromatic N) is 2. The third-order valence-corrected chi connectivity index (χ3v) is 4.50. The summed E-state index contributed by atoms with van der Waals surface area (Å²) in [4.78, 5) is 25.0. The van der Waals surface area contributed by atoms with Gasteiger partial charge in [0.2, 0.25) is 0 Å². The third-order valence-electron chi connectivity index (χ3n) is 4.50. The summed E-state index contributed by atoms with van der Waals surface area (Å²) >= 11 is 0. The second-order valence-electron chi connectivity index (χ2n) is 6.45. The van der Waals surface area contributed by atoms with Crippen LogP contribution >= 0.6 is 0 Å². The number of likely N-dealkylation sites (tertiary alicyclic amines) is 1. The fourth-order valence-corrected chi connectivity index (χ4v) is 3.26. The molecule has 2 atom stereocenters. The van der Waals surface area contributed by atoms with Crippen molar-refractivity contribution in [1.29, 1.82) is 0 Å². The third kappa shape index (κ3) is 4.83. The van der Waals surface area contributed by atoms with Crippen LogP contribution in [0, 0.1) is 16.0 Å². The van der Waals surface area contributed by atoms with E-state index in [-0.39, 0.29) is 11.7 Å². The van der Waals surface area contributed by atoms with Crippen LogP contribution in [0.4, 0.5) is 5.69 Å². The summed E-state index contributed by atoms with van der Waals surface area (Å²) in [6.45, 7) is 3.84. The second-order valence-corrected chi connectivity index (χ2v) is 6.45. The Hall–Kier alpha value is -2.93. The maximum atomic E-state index is 12.4. The molecular weight excluding hydrogens is 348 g/mol. The maximum Gasteiger partial charge on any atom is 0.314 e. The fraction of sp³-hybridized carbons (Fsp3) is 0.350. The Morgan fingerprint density at radius 1 is 1.19 bits per heavy atom. The molecule has 2 unspecified atom stereocenters. The lowest BCUT2D eigenvalue weighted by molar-refractivity contribution is -0.384. The topological polar surface area (TPSA) is 81.9 Å². The molecule has 1 aliphatic rings. The van der Waals surface area contributed by atoms with Gasteiger partial charge in [0, 0.05) is 25.7 Å². The van der Waals surface area contributed by atoms with Gasteiger partial charge in [0.25, 0.3) is 5.69 Å². The Balaban J connectivity index is 1.74. The van der Waals surface area contributed by atoms with Crippen LogP contribution in [0.5, 0.6) is 5.75 Å². The van der Waals surface area contributed by atoms with E-state index >= 15 is 0 Å². The van der Waals surface area contributed by atoms with Crippen LogP contribution in [0.1, 0.15) is 12.5 Å². The van der Waals surface area contributed by atoms with Crippen LogP contribution in [0.2, 0.25) is 0 Å². The van der Waals surface area contributed by atoms with E-state index in [1.165, 1.54) is 12.1 Å².